The molecular weight excluding hydrogens is 775 g/mol. The van der Waals surface area contributed by atoms with Gasteiger partial charge in [-0.25, -0.2) is 4.57 Å². The van der Waals surface area contributed by atoms with Gasteiger partial charge in [-0.15, -0.1) is 0 Å². The van der Waals surface area contributed by atoms with Gasteiger partial charge in [0.15, 0.2) is 5.71 Å². The molecule has 2 aromatic carbocycles. The van der Waals surface area contributed by atoms with E-state index in [-0.39, 0.29) is 23.7 Å². The average Bonchev–Trinajstić information content (AvgIpc) is 3.55. The van der Waals surface area contributed by atoms with Crippen LogP contribution < -0.4 is 14.2 Å². The van der Waals surface area contributed by atoms with Crippen LogP contribution >= 0.6 is 0 Å². The zero-order valence-corrected chi connectivity index (χ0v) is 35.7. The molecule has 58 heavy (non-hydrogen) atoms. The maximum atomic E-state index is 12.1. The van der Waals surface area contributed by atoms with Gasteiger partial charge in [-0.1, -0.05) is 45.1 Å². The zero-order chi connectivity index (χ0) is 41.9. The molecule has 0 amide bonds. The fraction of sp³-hybridized carbons (Fsp3) is 0.422. The first-order chi connectivity index (χ1) is 27.5. The fourth-order valence-electron chi connectivity index (χ4n) is 8.30. The van der Waals surface area contributed by atoms with E-state index in [9.17, 15) is 31.0 Å². The quantitative estimate of drug-likeness (QED) is 0.0735. The number of ether oxygens (including phenoxy) is 1. The molecule has 3 N–H and O–H groups in total. The number of benzene rings is 2. The van der Waals surface area contributed by atoms with E-state index in [0.29, 0.717) is 19.6 Å². The standard InChI is InChI=1S/C45H55N3O8S2/c1-6-24-48-39-21-20-36(58(53,54)55)31-38(39)45(4,5)41(48)23-19-33-14-9-13-32(42(33)34-15-10-16-35(30-34)56-28-8-7-27-49)18-22-40-44(2,3)37-17-11-25-47(43(37)46-40)26-12-29-57(50,51)52/h10-11,15-23,25,30-31,49H,6-9,12-14,24,26-29H2,1-5H3,(H-,50,51,52,53,54,55)/p+1. The normalized spacial score (nSPS) is 19.0. The predicted octanol–water partition coefficient (Wildman–Crippen LogP) is 8.23. The minimum Gasteiger partial charge on any atom is -0.494 e. The first-order valence-electron chi connectivity index (χ1n) is 20.1. The zero-order valence-electron chi connectivity index (χ0n) is 34.1. The van der Waals surface area contributed by atoms with Crippen LogP contribution in [0.1, 0.15) is 96.3 Å². The van der Waals surface area contributed by atoms with Crippen LogP contribution in [0.4, 0.5) is 11.5 Å². The van der Waals surface area contributed by atoms with Crippen molar-refractivity contribution in [1.29, 1.82) is 0 Å². The Morgan fingerprint density at radius 3 is 2.41 bits per heavy atom. The molecule has 310 valence electrons. The summed E-state index contributed by atoms with van der Waals surface area (Å²) in [6.07, 6.45) is 15.7. The van der Waals surface area contributed by atoms with Gasteiger partial charge >= 0.3 is 5.82 Å². The number of pyridine rings is 1. The van der Waals surface area contributed by atoms with Gasteiger partial charge in [0, 0.05) is 36.4 Å². The highest BCUT2D eigenvalue weighted by molar-refractivity contribution is 7.86. The molecule has 3 aromatic rings. The number of hydrogen-bond acceptors (Lipinski definition) is 8. The Bertz CT molecular complexity index is 2430. The number of hydrogen-bond donors (Lipinski definition) is 3. The lowest BCUT2D eigenvalue weighted by atomic mass is 9.80. The number of unbranched alkanes of at least 4 members (excludes halogenated alkanes) is 1. The largest absolute Gasteiger partial charge is 0.494 e. The van der Waals surface area contributed by atoms with E-state index in [4.69, 9.17) is 9.73 Å². The molecule has 6 rings (SSSR count). The molecule has 1 aliphatic carbocycles. The fourth-order valence-corrected chi connectivity index (χ4v) is 9.30. The average molecular weight is 831 g/mol. The van der Waals surface area contributed by atoms with Crippen molar-refractivity contribution in [2.45, 2.75) is 102 Å². The van der Waals surface area contributed by atoms with Gasteiger partial charge in [-0.3, -0.25) is 9.11 Å². The highest BCUT2D eigenvalue weighted by Crippen LogP contribution is 2.49. The van der Waals surface area contributed by atoms with Crippen molar-refractivity contribution in [3.05, 3.63) is 119 Å². The van der Waals surface area contributed by atoms with Crippen LogP contribution in [0.3, 0.4) is 0 Å². The summed E-state index contributed by atoms with van der Waals surface area (Å²) in [6, 6.07) is 17.0. The number of aryl methyl sites for hydroxylation is 1. The lowest BCUT2D eigenvalue weighted by Gasteiger charge is -2.27. The lowest BCUT2D eigenvalue weighted by Crippen LogP contribution is -2.35. The van der Waals surface area contributed by atoms with Crippen LogP contribution in [0.25, 0.3) is 5.57 Å². The van der Waals surface area contributed by atoms with Crippen molar-refractivity contribution in [2.75, 3.05) is 30.4 Å². The third-order valence-electron chi connectivity index (χ3n) is 11.4. The smallest absolute Gasteiger partial charge is 0.327 e. The summed E-state index contributed by atoms with van der Waals surface area (Å²) in [6.45, 7) is 12.3. The molecule has 0 unspecified atom stereocenters. The number of aliphatic hydroxyl groups is 1. The maximum absolute atomic E-state index is 12.1. The van der Waals surface area contributed by atoms with Crippen LogP contribution in [0.5, 0.6) is 5.75 Å². The Labute approximate surface area is 343 Å². The van der Waals surface area contributed by atoms with Crippen molar-refractivity contribution >= 4 is 43.0 Å². The Hall–Kier alpha value is -4.40. The van der Waals surface area contributed by atoms with Crippen molar-refractivity contribution < 1.29 is 40.4 Å². The summed E-state index contributed by atoms with van der Waals surface area (Å²) in [7, 11) is -8.44. The molecule has 0 spiro atoms. The molecule has 1 aromatic heterocycles. The van der Waals surface area contributed by atoms with Crippen LogP contribution in [0.2, 0.25) is 0 Å². The van der Waals surface area contributed by atoms with Gasteiger partial charge in [-0.05, 0) is 140 Å². The van der Waals surface area contributed by atoms with Crippen LogP contribution in [0.15, 0.2) is 112 Å². The highest BCUT2D eigenvalue weighted by atomic mass is 32.2. The minimum atomic E-state index is -4.38. The molecule has 3 aliphatic rings. The first kappa shape index (κ1) is 43.2. The molecular formula is C45H56N3O8S2+. The van der Waals surface area contributed by atoms with E-state index in [1.54, 1.807) is 12.1 Å². The van der Waals surface area contributed by atoms with Crippen molar-refractivity contribution in [1.82, 2.24) is 0 Å². The predicted molar refractivity (Wildman–Crippen MR) is 229 cm³/mol. The van der Waals surface area contributed by atoms with Crippen LogP contribution in [-0.2, 0) is 37.6 Å². The molecule has 0 atom stereocenters. The van der Waals surface area contributed by atoms with Gasteiger partial charge in [0.05, 0.1) is 41.0 Å². The number of anilines is 1. The summed E-state index contributed by atoms with van der Waals surface area (Å²) in [5.74, 6) is 1.21. The molecule has 11 nitrogen and oxygen atoms in total. The summed E-state index contributed by atoms with van der Waals surface area (Å²) in [5.41, 5.74) is 8.21. The Morgan fingerprint density at radius 2 is 1.69 bits per heavy atom. The number of aromatic nitrogens is 1. The third kappa shape index (κ3) is 9.39. The van der Waals surface area contributed by atoms with E-state index < -0.39 is 31.1 Å². The summed E-state index contributed by atoms with van der Waals surface area (Å²) in [5, 5.41) is 9.27. The van der Waals surface area contributed by atoms with Crippen molar-refractivity contribution in [3.8, 4) is 5.75 Å². The van der Waals surface area contributed by atoms with Crippen molar-refractivity contribution in [3.63, 3.8) is 0 Å². The monoisotopic (exact) mass is 830 g/mol. The Balaban J connectivity index is 1.43. The third-order valence-corrected chi connectivity index (χ3v) is 13.0. The van der Waals surface area contributed by atoms with Gasteiger partial charge in [0.1, 0.15) is 5.75 Å². The summed E-state index contributed by atoms with van der Waals surface area (Å²) in [4.78, 5) is 7.23. The van der Waals surface area contributed by atoms with E-state index in [2.05, 4.69) is 82.0 Å². The van der Waals surface area contributed by atoms with Gasteiger partial charge in [0.2, 0.25) is 0 Å². The number of aliphatic imine (C=N–C) groups is 1. The molecule has 0 saturated carbocycles. The van der Waals surface area contributed by atoms with E-state index >= 15 is 0 Å². The Morgan fingerprint density at radius 1 is 0.897 bits per heavy atom. The number of aliphatic hydroxyl groups excluding tert-OH is 1. The number of rotatable bonds is 16. The van der Waals surface area contributed by atoms with Gasteiger partial charge in [-0.2, -0.15) is 16.8 Å². The van der Waals surface area contributed by atoms with Crippen molar-refractivity contribution in [2.24, 2.45) is 4.99 Å². The lowest BCUT2D eigenvalue weighted by molar-refractivity contribution is -0.684. The number of fused-ring (bicyclic) bond motifs is 2. The molecule has 13 heteroatoms. The second-order valence-corrected chi connectivity index (χ2v) is 19.3. The van der Waals surface area contributed by atoms with Gasteiger partial charge in [0.25, 0.3) is 20.2 Å². The van der Waals surface area contributed by atoms with E-state index in [0.717, 1.165) is 101 Å². The van der Waals surface area contributed by atoms with Crippen LogP contribution in [-0.4, -0.2) is 62.3 Å². The SMILES string of the molecule is CCCN1/C(=C/C=C2\CCCC(/C=C/C3=Nc4c(ccc[n+]4CCCS(=O)(=O)O)C3(C)C)=C2c2cccc(OCCCCO)c2)C(C)(C)c2cc(S(=O)(=O)O)ccc21. The number of allylic oxidation sites excluding steroid dienone is 8. The molecule has 2 aliphatic heterocycles. The molecule has 0 bridgehead atoms. The number of nitrogens with zero attached hydrogens (tertiary/aromatic N) is 3. The molecule has 0 fully saturated rings. The molecule has 0 radical (unpaired) electrons. The first-order valence-corrected chi connectivity index (χ1v) is 23.1. The molecule has 3 heterocycles. The molecule has 0 saturated heterocycles. The highest BCUT2D eigenvalue weighted by Gasteiger charge is 2.42. The van der Waals surface area contributed by atoms with E-state index in [1.807, 2.05) is 29.0 Å². The second kappa shape index (κ2) is 17.4. The minimum absolute atomic E-state index is 0.118. The van der Waals surface area contributed by atoms with E-state index in [1.165, 1.54) is 6.07 Å². The Kier molecular flexibility index (Phi) is 13.0. The summed E-state index contributed by atoms with van der Waals surface area (Å²) >= 11 is 0. The van der Waals surface area contributed by atoms with Crippen LogP contribution in [0, 0.1) is 0 Å². The topological polar surface area (TPSA) is 158 Å². The summed E-state index contributed by atoms with van der Waals surface area (Å²) < 4.78 is 74.4. The van der Waals surface area contributed by atoms with Gasteiger partial charge < -0.3 is 14.7 Å². The second-order valence-electron chi connectivity index (χ2n) is 16.3. The maximum Gasteiger partial charge on any atom is 0.327 e.